The summed E-state index contributed by atoms with van der Waals surface area (Å²) in [5.74, 6) is 1.37. The van der Waals surface area contributed by atoms with Crippen molar-refractivity contribution in [2.45, 2.75) is 6.42 Å². The number of azo groups is 2. The van der Waals surface area contributed by atoms with Gasteiger partial charge in [0.1, 0.15) is 0 Å². The summed E-state index contributed by atoms with van der Waals surface area (Å²) in [6.07, 6.45) is 4.43. The summed E-state index contributed by atoms with van der Waals surface area (Å²) in [4.78, 5) is 4.50. The van der Waals surface area contributed by atoms with E-state index in [1.165, 1.54) is 0 Å². The monoisotopic (exact) mass is 724 g/mol. The molecule has 268 valence electrons. The van der Waals surface area contributed by atoms with E-state index in [9.17, 15) is 25.9 Å². The first kappa shape index (κ1) is 40.4. The minimum atomic E-state index is -4.41. The molecule has 22 heteroatoms. The van der Waals surface area contributed by atoms with Crippen molar-refractivity contribution < 1.29 is 43.4 Å². The molecule has 0 N–H and O–H groups in total. The van der Waals surface area contributed by atoms with Gasteiger partial charge in [0.15, 0.2) is 0 Å². The Balaban J connectivity index is 0.000000594. The van der Waals surface area contributed by atoms with Gasteiger partial charge in [-0.1, -0.05) is 10.2 Å². The Kier molecular flexibility index (Phi) is 15.4. The highest BCUT2D eigenvalue weighted by Gasteiger charge is 2.12. The van der Waals surface area contributed by atoms with Crippen LogP contribution < -0.4 is 18.9 Å². The van der Waals surface area contributed by atoms with Crippen molar-refractivity contribution in [3.8, 4) is 0 Å². The van der Waals surface area contributed by atoms with Gasteiger partial charge in [0.05, 0.1) is 53.8 Å². The van der Waals surface area contributed by atoms with E-state index in [0.717, 1.165) is 56.5 Å². The molecule has 0 saturated carbocycles. The van der Waals surface area contributed by atoms with Gasteiger partial charge in [0, 0.05) is 48.8 Å². The summed E-state index contributed by atoms with van der Waals surface area (Å²) in [5, 5.41) is 25.6. The highest BCUT2D eigenvalue weighted by molar-refractivity contribution is 7.81. The number of anilines is 2. The summed E-state index contributed by atoms with van der Waals surface area (Å²) in [7, 11) is 4.47. The minimum absolute atomic E-state index is 0.684. The van der Waals surface area contributed by atoms with E-state index >= 15 is 0 Å². The first-order chi connectivity index (χ1) is 22.9. The van der Waals surface area contributed by atoms with Gasteiger partial charge in [-0.3, -0.25) is 8.37 Å². The van der Waals surface area contributed by atoms with Crippen LogP contribution in [-0.4, -0.2) is 86.9 Å². The number of benzene rings is 2. The van der Waals surface area contributed by atoms with Gasteiger partial charge in [-0.25, -0.2) is 26.0 Å². The topological polar surface area (TPSA) is 232 Å². The van der Waals surface area contributed by atoms with Gasteiger partial charge in [0.2, 0.25) is 33.5 Å². The van der Waals surface area contributed by atoms with Crippen LogP contribution in [0, 0.1) is 0 Å². The van der Waals surface area contributed by atoms with E-state index in [1.54, 1.807) is 22.0 Å². The van der Waals surface area contributed by atoms with E-state index in [2.05, 4.69) is 87.2 Å². The zero-order chi connectivity index (χ0) is 36.8. The van der Waals surface area contributed by atoms with E-state index < -0.39 is 20.8 Å². The lowest BCUT2D eigenvalue weighted by molar-refractivity contribution is -0.659. The summed E-state index contributed by atoms with van der Waals surface area (Å²) >= 11 is 0. The molecule has 0 radical (unpaired) electrons. The fourth-order valence-electron chi connectivity index (χ4n) is 3.80. The SMILES string of the molecule is CN(CCCN(C)c1ccc(N=Nc2n(C)nc[n+]2C)cc1)c1ccc(N=Nc2n(C)nc[n+]2C)cc1.COS(=O)(=O)[O-].COS(=O)(=O)[O-]. The van der Waals surface area contributed by atoms with Crippen molar-refractivity contribution in [3.63, 3.8) is 0 Å². The number of hydrogen-bond acceptors (Lipinski definition) is 16. The van der Waals surface area contributed by atoms with Crippen LogP contribution in [0.5, 0.6) is 0 Å². The number of aryl methyl sites for hydroxylation is 4. The molecule has 2 aromatic heterocycles. The molecule has 0 unspecified atom stereocenters. The molecule has 0 bridgehead atoms. The van der Waals surface area contributed by atoms with E-state index in [1.807, 2.05) is 61.6 Å². The van der Waals surface area contributed by atoms with Gasteiger partial charge in [-0.2, -0.15) is 0 Å². The first-order valence-electron chi connectivity index (χ1n) is 14.2. The smallest absolute Gasteiger partial charge is 0.403 e. The van der Waals surface area contributed by atoms with Gasteiger partial charge in [0.25, 0.3) is 0 Å². The summed E-state index contributed by atoms with van der Waals surface area (Å²) in [5.41, 5.74) is 3.89. The number of hydrogen-bond donors (Lipinski definition) is 0. The van der Waals surface area contributed by atoms with Crippen molar-refractivity contribution in [1.29, 1.82) is 0 Å². The summed E-state index contributed by atoms with van der Waals surface area (Å²) in [6, 6.07) is 16.2. The highest BCUT2D eigenvalue weighted by Crippen LogP contribution is 2.22. The molecule has 0 spiro atoms. The lowest BCUT2D eigenvalue weighted by Gasteiger charge is -2.23. The summed E-state index contributed by atoms with van der Waals surface area (Å²) < 4.78 is 69.1. The second-order valence-corrected chi connectivity index (χ2v) is 12.4. The molecule has 20 nitrogen and oxygen atoms in total. The lowest BCUT2D eigenvalue weighted by Crippen LogP contribution is -2.25. The van der Waals surface area contributed by atoms with Crippen LogP contribution in [-0.2, 0) is 57.4 Å². The predicted octanol–water partition coefficient (Wildman–Crippen LogP) is 1.78. The van der Waals surface area contributed by atoms with E-state index in [-0.39, 0.29) is 0 Å². The normalized spacial score (nSPS) is 11.6. The molecule has 0 amide bonds. The molecule has 49 heavy (non-hydrogen) atoms. The Bertz CT molecular complexity index is 1720. The third kappa shape index (κ3) is 14.5. The van der Waals surface area contributed by atoms with Gasteiger partial charge in [-0.15, -0.1) is 9.36 Å². The fourth-order valence-corrected chi connectivity index (χ4v) is 3.80. The standard InChI is InChI=1S/C25H34N12.2CH4O4S/c1-32(22-12-8-20(9-13-22)28-30-24-34(3)18-26-36(24)5)16-7-17-33(2)23-14-10-21(11-15-23)29-31-25-35(4)19-27-37(25)6;2*1-5-6(2,3)4/h8-15,18-19H,7,16-17H2,1-6H3;2*1H3,(H,2,3,4)/q+2;;/p-2. The maximum absolute atomic E-state index is 9.22. The second-order valence-electron chi connectivity index (χ2n) is 10.1. The van der Waals surface area contributed by atoms with Crippen molar-refractivity contribution in [2.75, 3.05) is 51.2 Å². The Hall–Kier alpha value is -4.74. The van der Waals surface area contributed by atoms with Gasteiger partial charge in [-0.05, 0) is 65.1 Å². The first-order valence-corrected chi connectivity index (χ1v) is 16.8. The average Bonchev–Trinajstić information content (AvgIpc) is 3.56. The van der Waals surface area contributed by atoms with E-state index in [4.69, 9.17) is 0 Å². The lowest BCUT2D eigenvalue weighted by atomic mass is 10.2. The van der Waals surface area contributed by atoms with Crippen LogP contribution in [0.15, 0.2) is 81.6 Å². The van der Waals surface area contributed by atoms with Crippen LogP contribution in [0.2, 0.25) is 0 Å². The van der Waals surface area contributed by atoms with Gasteiger partial charge >= 0.3 is 11.9 Å². The largest absolute Gasteiger partial charge is 0.726 e. The molecule has 0 aliphatic heterocycles. The molecule has 2 aromatic carbocycles. The molecule has 0 aliphatic carbocycles. The second kappa shape index (κ2) is 18.7. The zero-order valence-corrected chi connectivity index (χ0v) is 30.0. The van der Waals surface area contributed by atoms with E-state index in [0.29, 0.717) is 11.9 Å². The molecule has 4 aromatic rings. The molecule has 0 saturated heterocycles. The number of aromatic nitrogens is 6. The average molecular weight is 725 g/mol. The Morgan fingerprint density at radius 1 is 0.673 bits per heavy atom. The summed E-state index contributed by atoms with van der Waals surface area (Å²) in [6.45, 7) is 1.87. The molecule has 2 heterocycles. The Morgan fingerprint density at radius 2 is 0.980 bits per heavy atom. The van der Waals surface area contributed by atoms with Crippen molar-refractivity contribution in [3.05, 3.63) is 61.2 Å². The fraction of sp³-hybridized carbons (Fsp3) is 0.407. The maximum atomic E-state index is 9.22. The van der Waals surface area contributed by atoms with Crippen LogP contribution >= 0.6 is 0 Å². The molecule has 0 fully saturated rings. The maximum Gasteiger partial charge on any atom is 0.403 e. The highest BCUT2D eigenvalue weighted by atomic mass is 32.3. The Morgan fingerprint density at radius 3 is 1.22 bits per heavy atom. The molecular formula is C27H40N12O8S2. The third-order valence-electron chi connectivity index (χ3n) is 6.49. The van der Waals surface area contributed by atoms with Crippen LogP contribution in [0.3, 0.4) is 0 Å². The van der Waals surface area contributed by atoms with Crippen molar-refractivity contribution in [2.24, 2.45) is 48.6 Å². The minimum Gasteiger partial charge on any atom is -0.726 e. The molecule has 4 rings (SSSR count). The number of rotatable bonds is 12. The number of nitrogens with zero attached hydrogens (tertiary/aromatic N) is 12. The molecule has 0 atom stereocenters. The third-order valence-corrected chi connectivity index (χ3v) is 7.31. The van der Waals surface area contributed by atoms with Crippen molar-refractivity contribution >= 4 is 55.4 Å². The van der Waals surface area contributed by atoms with Gasteiger partial charge < -0.3 is 18.9 Å². The predicted molar refractivity (Wildman–Crippen MR) is 175 cm³/mol. The molecule has 0 aliphatic rings. The van der Waals surface area contributed by atoms with Crippen molar-refractivity contribution in [1.82, 2.24) is 19.6 Å². The zero-order valence-electron chi connectivity index (χ0n) is 28.3. The molecular weight excluding hydrogens is 685 g/mol. The van der Waals surface area contributed by atoms with Crippen LogP contribution in [0.4, 0.5) is 34.6 Å². The van der Waals surface area contributed by atoms with Crippen LogP contribution in [0.1, 0.15) is 6.42 Å². The Labute approximate surface area is 285 Å². The quantitative estimate of drug-likeness (QED) is 0.0881. The van der Waals surface area contributed by atoms with Crippen LogP contribution in [0.25, 0.3) is 0 Å².